The van der Waals surface area contributed by atoms with Crippen molar-refractivity contribution in [2.45, 2.75) is 13.0 Å². The molecule has 0 fully saturated rings. The second-order valence-electron chi connectivity index (χ2n) is 5.47. The first-order valence-corrected chi connectivity index (χ1v) is 8.28. The summed E-state index contributed by atoms with van der Waals surface area (Å²) in [5.74, 6) is 1.51. The standard InChI is InChI=1S/C20H18ClN3O.ClH/c21-17-10-5-4-9-16(17)14-25-18-11-6-12-23-20(18)24-19(22)13-15-7-2-1-3-8-15;/h1-12H,13-14H2,(H2,22,23,24);1H. The van der Waals surface area contributed by atoms with Crippen LogP contribution in [-0.4, -0.2) is 10.8 Å². The molecular weight excluding hydrogens is 369 g/mol. The van der Waals surface area contributed by atoms with Gasteiger partial charge in [0.2, 0.25) is 0 Å². The third-order valence-electron chi connectivity index (χ3n) is 3.57. The van der Waals surface area contributed by atoms with Crippen LogP contribution in [0, 0.1) is 0 Å². The molecule has 0 saturated carbocycles. The Kier molecular flexibility index (Phi) is 7.45. The third-order valence-corrected chi connectivity index (χ3v) is 3.94. The molecule has 1 aromatic heterocycles. The van der Waals surface area contributed by atoms with E-state index in [0.29, 0.717) is 35.5 Å². The minimum atomic E-state index is 0. The van der Waals surface area contributed by atoms with Gasteiger partial charge in [0, 0.05) is 23.2 Å². The van der Waals surface area contributed by atoms with E-state index in [0.717, 1.165) is 11.1 Å². The average Bonchev–Trinajstić information content (AvgIpc) is 2.63. The molecule has 1 heterocycles. The van der Waals surface area contributed by atoms with Gasteiger partial charge in [-0.3, -0.25) is 0 Å². The van der Waals surface area contributed by atoms with Crippen molar-refractivity contribution >= 4 is 35.7 Å². The molecule has 4 nitrogen and oxygen atoms in total. The molecule has 2 aromatic carbocycles. The third kappa shape index (κ3) is 5.48. The summed E-state index contributed by atoms with van der Waals surface area (Å²) in [4.78, 5) is 8.68. The summed E-state index contributed by atoms with van der Waals surface area (Å²) in [7, 11) is 0. The zero-order valence-electron chi connectivity index (χ0n) is 14.0. The molecule has 2 N–H and O–H groups in total. The molecule has 0 radical (unpaired) electrons. The van der Waals surface area contributed by atoms with Gasteiger partial charge in [-0.05, 0) is 23.8 Å². The van der Waals surface area contributed by atoms with Crippen LogP contribution in [0.1, 0.15) is 11.1 Å². The fraction of sp³-hybridized carbons (Fsp3) is 0.100. The lowest BCUT2D eigenvalue weighted by atomic mass is 10.1. The van der Waals surface area contributed by atoms with Crippen LogP contribution in [-0.2, 0) is 13.0 Å². The van der Waals surface area contributed by atoms with Crippen LogP contribution >= 0.6 is 24.0 Å². The smallest absolute Gasteiger partial charge is 0.196 e. The minimum absolute atomic E-state index is 0. The van der Waals surface area contributed by atoms with E-state index >= 15 is 0 Å². The van der Waals surface area contributed by atoms with Gasteiger partial charge in [-0.25, -0.2) is 9.98 Å². The minimum Gasteiger partial charge on any atom is -0.485 e. The lowest BCUT2D eigenvalue weighted by Crippen LogP contribution is -2.14. The Bertz CT molecular complexity index is 870. The molecule has 0 spiro atoms. The van der Waals surface area contributed by atoms with Gasteiger partial charge in [-0.1, -0.05) is 60.1 Å². The monoisotopic (exact) mass is 387 g/mol. The molecule has 0 aliphatic carbocycles. The number of benzene rings is 2. The quantitative estimate of drug-likeness (QED) is 0.479. The lowest BCUT2D eigenvalue weighted by Gasteiger charge is -2.10. The Hall–Kier alpha value is -2.56. The van der Waals surface area contributed by atoms with Crippen molar-refractivity contribution in [3.8, 4) is 5.75 Å². The van der Waals surface area contributed by atoms with Crippen LogP contribution in [0.5, 0.6) is 5.75 Å². The maximum atomic E-state index is 6.16. The van der Waals surface area contributed by atoms with Crippen LogP contribution in [0.15, 0.2) is 77.9 Å². The Labute approximate surface area is 164 Å². The molecule has 0 saturated heterocycles. The molecule has 0 unspecified atom stereocenters. The van der Waals surface area contributed by atoms with Crippen molar-refractivity contribution in [1.82, 2.24) is 4.98 Å². The van der Waals surface area contributed by atoms with Crippen molar-refractivity contribution in [3.05, 3.63) is 89.1 Å². The number of amidine groups is 1. The number of hydrogen-bond donors (Lipinski definition) is 1. The summed E-state index contributed by atoms with van der Waals surface area (Å²) in [5, 5.41) is 0.667. The molecule has 6 heteroatoms. The number of aliphatic imine (C=N–C) groups is 1. The van der Waals surface area contributed by atoms with E-state index in [1.807, 2.05) is 60.7 Å². The fourth-order valence-corrected chi connectivity index (χ4v) is 2.52. The second kappa shape index (κ2) is 9.80. The van der Waals surface area contributed by atoms with Gasteiger partial charge in [0.1, 0.15) is 12.4 Å². The Balaban J connectivity index is 0.00000243. The SMILES string of the molecule is Cl.N/C(Cc1ccccc1)=N/c1ncccc1OCc1ccccc1Cl. The number of rotatable bonds is 6. The van der Waals surface area contributed by atoms with E-state index in [1.54, 1.807) is 12.3 Å². The Morgan fingerprint density at radius 1 is 1.00 bits per heavy atom. The number of aromatic nitrogens is 1. The zero-order valence-corrected chi connectivity index (χ0v) is 15.6. The summed E-state index contributed by atoms with van der Waals surface area (Å²) < 4.78 is 5.85. The highest BCUT2D eigenvalue weighted by atomic mass is 35.5. The van der Waals surface area contributed by atoms with Gasteiger partial charge in [0.15, 0.2) is 11.6 Å². The van der Waals surface area contributed by atoms with E-state index in [2.05, 4.69) is 9.98 Å². The van der Waals surface area contributed by atoms with Gasteiger partial charge in [-0.2, -0.15) is 0 Å². The molecule has 0 amide bonds. The molecule has 3 rings (SSSR count). The van der Waals surface area contributed by atoms with E-state index in [-0.39, 0.29) is 12.4 Å². The van der Waals surface area contributed by atoms with E-state index in [1.165, 1.54) is 0 Å². The second-order valence-corrected chi connectivity index (χ2v) is 5.88. The molecule has 134 valence electrons. The summed E-state index contributed by atoms with van der Waals surface area (Å²) in [6.45, 7) is 0.340. The lowest BCUT2D eigenvalue weighted by molar-refractivity contribution is 0.306. The Morgan fingerprint density at radius 3 is 2.50 bits per heavy atom. The van der Waals surface area contributed by atoms with Crippen molar-refractivity contribution in [3.63, 3.8) is 0 Å². The highest BCUT2D eigenvalue weighted by Gasteiger charge is 2.07. The largest absolute Gasteiger partial charge is 0.485 e. The fourth-order valence-electron chi connectivity index (χ4n) is 2.33. The maximum Gasteiger partial charge on any atom is 0.196 e. The van der Waals surface area contributed by atoms with E-state index in [4.69, 9.17) is 22.1 Å². The predicted octanol–water partition coefficient (Wildman–Crippen LogP) is 4.97. The first-order valence-electron chi connectivity index (χ1n) is 7.90. The van der Waals surface area contributed by atoms with Gasteiger partial charge in [-0.15, -0.1) is 12.4 Å². The van der Waals surface area contributed by atoms with Crippen LogP contribution in [0.2, 0.25) is 5.02 Å². The number of halogens is 2. The van der Waals surface area contributed by atoms with E-state index < -0.39 is 0 Å². The Morgan fingerprint density at radius 2 is 1.73 bits per heavy atom. The van der Waals surface area contributed by atoms with Crippen molar-refractivity contribution < 1.29 is 4.74 Å². The molecule has 0 aliphatic rings. The summed E-state index contributed by atoms with van der Waals surface area (Å²) in [6, 6.07) is 21.1. The molecular formula is C20H19Cl2N3O. The molecule has 0 bridgehead atoms. The van der Waals surface area contributed by atoms with Crippen molar-refractivity contribution in [2.75, 3.05) is 0 Å². The van der Waals surface area contributed by atoms with Gasteiger partial charge in [0.25, 0.3) is 0 Å². The van der Waals surface area contributed by atoms with Crippen LogP contribution in [0.4, 0.5) is 5.82 Å². The normalized spacial score (nSPS) is 10.9. The van der Waals surface area contributed by atoms with Gasteiger partial charge >= 0.3 is 0 Å². The zero-order chi connectivity index (χ0) is 17.5. The molecule has 0 atom stereocenters. The van der Waals surface area contributed by atoms with Crippen LogP contribution in [0.3, 0.4) is 0 Å². The number of nitrogens with two attached hydrogens (primary N) is 1. The number of nitrogens with zero attached hydrogens (tertiary/aromatic N) is 2. The topological polar surface area (TPSA) is 60.5 Å². The first kappa shape index (κ1) is 19.8. The maximum absolute atomic E-state index is 6.16. The highest BCUT2D eigenvalue weighted by molar-refractivity contribution is 6.31. The average molecular weight is 388 g/mol. The molecule has 0 aliphatic heterocycles. The van der Waals surface area contributed by atoms with Crippen LogP contribution < -0.4 is 10.5 Å². The number of pyridine rings is 1. The summed E-state index contributed by atoms with van der Waals surface area (Å²) in [6.07, 6.45) is 2.22. The molecule has 3 aromatic rings. The van der Waals surface area contributed by atoms with Crippen molar-refractivity contribution in [1.29, 1.82) is 0 Å². The van der Waals surface area contributed by atoms with Gasteiger partial charge in [0.05, 0.1) is 0 Å². The van der Waals surface area contributed by atoms with E-state index in [9.17, 15) is 0 Å². The molecule has 26 heavy (non-hydrogen) atoms. The van der Waals surface area contributed by atoms with Gasteiger partial charge < -0.3 is 10.5 Å². The number of hydrogen-bond acceptors (Lipinski definition) is 3. The summed E-state index contributed by atoms with van der Waals surface area (Å²) >= 11 is 6.16. The van der Waals surface area contributed by atoms with Crippen molar-refractivity contribution in [2.24, 2.45) is 10.7 Å². The first-order chi connectivity index (χ1) is 12.2. The highest BCUT2D eigenvalue weighted by Crippen LogP contribution is 2.26. The number of ether oxygens (including phenoxy) is 1. The predicted molar refractivity (Wildman–Crippen MR) is 109 cm³/mol. The van der Waals surface area contributed by atoms with Crippen LogP contribution in [0.25, 0.3) is 0 Å². The summed E-state index contributed by atoms with van der Waals surface area (Å²) in [5.41, 5.74) is 8.07.